The fraction of sp³-hybridized carbons (Fsp3) is 0.417. The summed E-state index contributed by atoms with van der Waals surface area (Å²) in [6, 6.07) is 5.35. The van der Waals surface area contributed by atoms with Crippen molar-refractivity contribution in [3.8, 4) is 0 Å². The Hall–Kier alpha value is -0.580. The molecule has 5 heteroatoms. The van der Waals surface area contributed by atoms with Crippen molar-refractivity contribution in [3.63, 3.8) is 0 Å². The molecule has 0 aromatic heterocycles. The normalized spacial score (nSPS) is 20.4. The Kier molecular flexibility index (Phi) is 4.07. The van der Waals surface area contributed by atoms with Gasteiger partial charge in [-0.25, -0.2) is 0 Å². The summed E-state index contributed by atoms with van der Waals surface area (Å²) in [7, 11) is 0. The number of morpholine rings is 1. The van der Waals surface area contributed by atoms with Crippen molar-refractivity contribution in [3.05, 3.63) is 33.3 Å². The first-order valence-electron chi connectivity index (χ1n) is 5.43. The minimum absolute atomic E-state index is 0.0261. The summed E-state index contributed by atoms with van der Waals surface area (Å²) in [5.74, 6) is 0.0261. The molecule has 1 unspecified atom stereocenters. The maximum absolute atomic E-state index is 12.3. The molecule has 0 aliphatic carbocycles. The molecule has 1 fully saturated rings. The van der Waals surface area contributed by atoms with Gasteiger partial charge in [-0.2, -0.15) is 0 Å². The molecule has 2 rings (SSSR count). The first-order chi connectivity index (χ1) is 8.09. The molecule has 0 spiro atoms. The lowest BCUT2D eigenvalue weighted by atomic mass is 10.1. The van der Waals surface area contributed by atoms with E-state index in [0.717, 1.165) is 4.47 Å². The van der Waals surface area contributed by atoms with Crippen LogP contribution in [0.25, 0.3) is 0 Å². The van der Waals surface area contributed by atoms with Crippen LogP contribution in [0.5, 0.6) is 0 Å². The fourth-order valence-corrected chi connectivity index (χ4v) is 2.32. The molecule has 3 nitrogen and oxygen atoms in total. The van der Waals surface area contributed by atoms with Crippen LogP contribution in [0.2, 0.25) is 5.02 Å². The highest BCUT2D eigenvalue weighted by molar-refractivity contribution is 9.10. The van der Waals surface area contributed by atoms with Gasteiger partial charge in [0.25, 0.3) is 5.91 Å². The molecule has 1 heterocycles. The van der Waals surface area contributed by atoms with Gasteiger partial charge in [-0.15, -0.1) is 0 Å². The van der Waals surface area contributed by atoms with E-state index in [1.54, 1.807) is 18.2 Å². The molecule has 1 saturated heterocycles. The van der Waals surface area contributed by atoms with Crippen LogP contribution in [0.4, 0.5) is 0 Å². The number of amides is 1. The number of carbonyl (C=O) groups excluding carboxylic acids is 1. The van der Waals surface area contributed by atoms with Gasteiger partial charge in [-0.3, -0.25) is 4.79 Å². The predicted molar refractivity (Wildman–Crippen MR) is 70.5 cm³/mol. The van der Waals surface area contributed by atoms with E-state index < -0.39 is 0 Å². The number of carbonyl (C=O) groups is 1. The topological polar surface area (TPSA) is 29.5 Å². The molecule has 92 valence electrons. The quantitative estimate of drug-likeness (QED) is 0.797. The highest BCUT2D eigenvalue weighted by Gasteiger charge is 2.24. The molecule has 1 aliphatic rings. The number of ether oxygens (including phenoxy) is 1. The Morgan fingerprint density at radius 2 is 2.35 bits per heavy atom. The molecule has 1 amide bonds. The van der Waals surface area contributed by atoms with E-state index in [9.17, 15) is 4.79 Å². The molecular formula is C12H13BrClNO2. The first kappa shape index (κ1) is 12.9. The number of benzene rings is 1. The van der Waals surface area contributed by atoms with Crippen LogP contribution in [0, 0.1) is 0 Å². The summed E-state index contributed by atoms with van der Waals surface area (Å²) < 4.78 is 6.06. The summed E-state index contributed by atoms with van der Waals surface area (Å²) in [5, 5.41) is 0.608. The average molecular weight is 319 g/mol. The van der Waals surface area contributed by atoms with E-state index in [4.69, 9.17) is 16.3 Å². The molecule has 1 aromatic carbocycles. The van der Waals surface area contributed by atoms with E-state index in [0.29, 0.717) is 30.3 Å². The van der Waals surface area contributed by atoms with Crippen molar-refractivity contribution >= 4 is 33.4 Å². The van der Waals surface area contributed by atoms with Crippen LogP contribution < -0.4 is 0 Å². The van der Waals surface area contributed by atoms with Gasteiger partial charge in [0.15, 0.2) is 0 Å². The number of rotatable bonds is 1. The van der Waals surface area contributed by atoms with Crippen molar-refractivity contribution < 1.29 is 9.53 Å². The van der Waals surface area contributed by atoms with Gasteiger partial charge < -0.3 is 9.64 Å². The van der Waals surface area contributed by atoms with Gasteiger partial charge in [-0.05, 0) is 41.1 Å². The van der Waals surface area contributed by atoms with Crippen molar-refractivity contribution in [1.82, 2.24) is 4.90 Å². The van der Waals surface area contributed by atoms with Gasteiger partial charge >= 0.3 is 0 Å². The number of hydrogen-bond donors (Lipinski definition) is 0. The second-order valence-corrected chi connectivity index (χ2v) is 5.31. The van der Waals surface area contributed by atoms with Crippen LogP contribution in [0.3, 0.4) is 0 Å². The highest BCUT2D eigenvalue weighted by Crippen LogP contribution is 2.24. The molecule has 1 atom stereocenters. The molecule has 1 aromatic rings. The smallest absolute Gasteiger partial charge is 0.254 e. The lowest BCUT2D eigenvalue weighted by molar-refractivity contribution is 0.00359. The van der Waals surface area contributed by atoms with Gasteiger partial charge in [-0.1, -0.05) is 11.6 Å². The Morgan fingerprint density at radius 3 is 3.00 bits per heavy atom. The second-order valence-electron chi connectivity index (χ2n) is 4.05. The van der Waals surface area contributed by atoms with Crippen LogP contribution in [-0.4, -0.2) is 36.6 Å². The Bertz CT molecular complexity index is 439. The third-order valence-corrected chi connectivity index (χ3v) is 4.01. The van der Waals surface area contributed by atoms with Gasteiger partial charge in [0.1, 0.15) is 0 Å². The monoisotopic (exact) mass is 317 g/mol. The molecule has 1 aliphatic heterocycles. The van der Waals surface area contributed by atoms with Gasteiger partial charge in [0, 0.05) is 16.6 Å². The maximum Gasteiger partial charge on any atom is 0.254 e. The van der Waals surface area contributed by atoms with Crippen molar-refractivity contribution in [2.75, 3.05) is 19.8 Å². The molecule has 0 N–H and O–H groups in total. The fourth-order valence-electron chi connectivity index (χ4n) is 1.82. The zero-order valence-electron chi connectivity index (χ0n) is 9.45. The summed E-state index contributed by atoms with van der Waals surface area (Å²) in [5.41, 5.74) is 0.648. The minimum atomic E-state index is 0.0261. The van der Waals surface area contributed by atoms with Gasteiger partial charge in [0.05, 0.1) is 24.3 Å². The molecule has 0 bridgehead atoms. The van der Waals surface area contributed by atoms with Crippen molar-refractivity contribution in [1.29, 1.82) is 0 Å². The molecule has 0 radical (unpaired) electrons. The van der Waals surface area contributed by atoms with E-state index in [2.05, 4.69) is 15.9 Å². The largest absolute Gasteiger partial charge is 0.377 e. The third kappa shape index (κ3) is 2.81. The highest BCUT2D eigenvalue weighted by atomic mass is 79.9. The molecule has 17 heavy (non-hydrogen) atoms. The van der Waals surface area contributed by atoms with Crippen LogP contribution in [0.1, 0.15) is 17.3 Å². The summed E-state index contributed by atoms with van der Waals surface area (Å²) in [4.78, 5) is 14.1. The zero-order valence-corrected chi connectivity index (χ0v) is 11.8. The Labute approximate surface area is 114 Å². The Morgan fingerprint density at radius 1 is 1.59 bits per heavy atom. The lowest BCUT2D eigenvalue weighted by Crippen LogP contribution is -2.47. The minimum Gasteiger partial charge on any atom is -0.377 e. The summed E-state index contributed by atoms with van der Waals surface area (Å²) in [6.45, 7) is 3.83. The summed E-state index contributed by atoms with van der Waals surface area (Å²) in [6.07, 6.45) is 0. The Balaban J connectivity index is 2.21. The number of halogens is 2. The van der Waals surface area contributed by atoms with Crippen LogP contribution in [-0.2, 0) is 4.74 Å². The lowest BCUT2D eigenvalue weighted by Gasteiger charge is -2.33. The second kappa shape index (κ2) is 5.38. The van der Waals surface area contributed by atoms with Gasteiger partial charge in [0.2, 0.25) is 0 Å². The molecular weight excluding hydrogens is 305 g/mol. The number of hydrogen-bond acceptors (Lipinski definition) is 2. The third-order valence-electron chi connectivity index (χ3n) is 2.80. The van der Waals surface area contributed by atoms with E-state index in [1.807, 2.05) is 11.8 Å². The first-order valence-corrected chi connectivity index (χ1v) is 6.60. The van der Waals surface area contributed by atoms with Crippen molar-refractivity contribution in [2.24, 2.45) is 0 Å². The predicted octanol–water partition coefficient (Wildman–Crippen LogP) is 2.96. The van der Waals surface area contributed by atoms with E-state index in [1.165, 1.54) is 0 Å². The standard InChI is InChI=1S/C12H13BrClNO2/c1-8-7-17-5-4-15(8)12(16)9-2-3-11(14)10(13)6-9/h2-3,6,8H,4-5,7H2,1H3. The number of nitrogens with zero attached hydrogens (tertiary/aromatic N) is 1. The van der Waals surface area contributed by atoms with Crippen LogP contribution >= 0.6 is 27.5 Å². The van der Waals surface area contributed by atoms with Crippen LogP contribution in [0.15, 0.2) is 22.7 Å². The SMILES string of the molecule is CC1COCCN1C(=O)c1ccc(Cl)c(Br)c1. The van der Waals surface area contributed by atoms with E-state index >= 15 is 0 Å². The maximum atomic E-state index is 12.3. The van der Waals surface area contributed by atoms with E-state index in [-0.39, 0.29) is 11.9 Å². The summed E-state index contributed by atoms with van der Waals surface area (Å²) >= 11 is 9.23. The zero-order chi connectivity index (χ0) is 12.4. The molecule has 0 saturated carbocycles. The van der Waals surface area contributed by atoms with Crippen molar-refractivity contribution in [2.45, 2.75) is 13.0 Å². The average Bonchev–Trinajstić information content (AvgIpc) is 2.32.